The molecule has 3 rings (SSSR count). The van der Waals surface area contributed by atoms with Crippen LogP contribution in [0, 0.1) is 11.7 Å². The molecule has 1 aliphatic rings. The molecule has 0 radical (unpaired) electrons. The van der Waals surface area contributed by atoms with E-state index in [4.69, 9.17) is 0 Å². The lowest BCUT2D eigenvalue weighted by Crippen LogP contribution is -2.41. The van der Waals surface area contributed by atoms with Gasteiger partial charge < -0.3 is 5.11 Å². The van der Waals surface area contributed by atoms with Crippen molar-refractivity contribution in [2.24, 2.45) is 5.92 Å². The normalized spacial score (nSPS) is 18.1. The minimum Gasteiger partial charge on any atom is -0.383 e. The van der Waals surface area contributed by atoms with Gasteiger partial charge in [0.2, 0.25) is 10.0 Å². The third-order valence-electron chi connectivity index (χ3n) is 3.86. The first-order valence-electron chi connectivity index (χ1n) is 6.93. The quantitative estimate of drug-likeness (QED) is 0.848. The maximum Gasteiger partial charge on any atom is 0.240 e. The smallest absolute Gasteiger partial charge is 0.240 e. The molecule has 0 saturated heterocycles. The zero-order valence-corrected chi connectivity index (χ0v) is 13.3. The minimum atomic E-state index is -3.78. The van der Waals surface area contributed by atoms with Crippen LogP contribution < -0.4 is 4.72 Å². The van der Waals surface area contributed by atoms with Crippen LogP contribution in [0.15, 0.2) is 46.7 Å². The van der Waals surface area contributed by atoms with Crippen LogP contribution in [-0.4, -0.2) is 20.1 Å². The Morgan fingerprint density at radius 1 is 1.27 bits per heavy atom. The summed E-state index contributed by atoms with van der Waals surface area (Å²) in [5.41, 5.74) is -1.18. The number of hydrogen-bond acceptors (Lipinski definition) is 4. The van der Waals surface area contributed by atoms with Gasteiger partial charge in [-0.2, -0.15) is 0 Å². The van der Waals surface area contributed by atoms with Gasteiger partial charge in [-0.15, -0.1) is 11.3 Å². The van der Waals surface area contributed by atoms with Crippen molar-refractivity contribution >= 4 is 21.4 Å². The summed E-state index contributed by atoms with van der Waals surface area (Å²) < 4.78 is 39.9. The van der Waals surface area contributed by atoms with E-state index in [2.05, 4.69) is 4.72 Å². The highest BCUT2D eigenvalue weighted by atomic mass is 32.2. The molecule has 0 amide bonds. The van der Waals surface area contributed by atoms with E-state index >= 15 is 0 Å². The summed E-state index contributed by atoms with van der Waals surface area (Å²) in [4.78, 5) is 0.745. The fourth-order valence-corrected chi connectivity index (χ4v) is 4.40. The molecule has 1 saturated carbocycles. The van der Waals surface area contributed by atoms with Crippen molar-refractivity contribution in [3.63, 3.8) is 0 Å². The third kappa shape index (κ3) is 3.08. The van der Waals surface area contributed by atoms with Gasteiger partial charge in [0.25, 0.3) is 0 Å². The van der Waals surface area contributed by atoms with Crippen LogP contribution >= 0.6 is 11.3 Å². The van der Waals surface area contributed by atoms with Crippen LogP contribution in [0.5, 0.6) is 0 Å². The van der Waals surface area contributed by atoms with Gasteiger partial charge in [0.05, 0.1) is 4.90 Å². The van der Waals surface area contributed by atoms with Crippen molar-refractivity contribution in [2.45, 2.75) is 23.3 Å². The van der Waals surface area contributed by atoms with Crippen LogP contribution in [0.25, 0.3) is 0 Å². The summed E-state index contributed by atoms with van der Waals surface area (Å²) in [5, 5.41) is 12.7. The van der Waals surface area contributed by atoms with Crippen molar-refractivity contribution in [1.82, 2.24) is 4.72 Å². The second-order valence-electron chi connectivity index (χ2n) is 5.45. The van der Waals surface area contributed by atoms with Crippen molar-refractivity contribution in [2.75, 3.05) is 6.54 Å². The molecule has 22 heavy (non-hydrogen) atoms. The Balaban J connectivity index is 1.79. The second kappa shape index (κ2) is 5.73. The molecule has 118 valence electrons. The van der Waals surface area contributed by atoms with Crippen LogP contribution in [0.1, 0.15) is 17.7 Å². The Bertz CT molecular complexity index is 740. The van der Waals surface area contributed by atoms with Gasteiger partial charge in [0.15, 0.2) is 0 Å². The molecule has 2 N–H and O–H groups in total. The van der Waals surface area contributed by atoms with E-state index in [0.29, 0.717) is 0 Å². The number of hydrogen-bond donors (Lipinski definition) is 2. The van der Waals surface area contributed by atoms with Crippen LogP contribution in [0.4, 0.5) is 4.39 Å². The highest BCUT2D eigenvalue weighted by Gasteiger charge is 2.46. The predicted octanol–water partition coefficient (Wildman–Crippen LogP) is 2.46. The summed E-state index contributed by atoms with van der Waals surface area (Å²) in [6.45, 7) is -0.0854. The molecular formula is C15H16FNO3S2. The summed E-state index contributed by atoms with van der Waals surface area (Å²) >= 11 is 1.41. The van der Waals surface area contributed by atoms with E-state index in [1.807, 2.05) is 17.5 Å². The van der Waals surface area contributed by atoms with E-state index < -0.39 is 21.4 Å². The SMILES string of the molecule is O=S(=O)(NCC(O)(c1cccs1)C1CC1)c1ccc(F)cc1. The zero-order chi connectivity index (χ0) is 15.8. The topological polar surface area (TPSA) is 66.4 Å². The average molecular weight is 341 g/mol. The molecule has 1 unspecified atom stereocenters. The van der Waals surface area contributed by atoms with Gasteiger partial charge in [0.1, 0.15) is 11.4 Å². The molecular weight excluding hydrogens is 325 g/mol. The third-order valence-corrected chi connectivity index (χ3v) is 6.31. The molecule has 4 nitrogen and oxygen atoms in total. The number of aliphatic hydroxyl groups is 1. The fraction of sp³-hybridized carbons (Fsp3) is 0.333. The average Bonchev–Trinajstić information content (AvgIpc) is 3.21. The molecule has 1 aliphatic carbocycles. The number of sulfonamides is 1. The second-order valence-corrected chi connectivity index (χ2v) is 8.17. The van der Waals surface area contributed by atoms with Gasteiger partial charge in [-0.1, -0.05) is 6.07 Å². The maximum atomic E-state index is 12.9. The number of benzene rings is 1. The first-order valence-corrected chi connectivity index (χ1v) is 9.30. The molecule has 1 aromatic heterocycles. The number of nitrogens with one attached hydrogen (secondary N) is 1. The molecule has 1 fully saturated rings. The first kappa shape index (κ1) is 15.6. The molecule has 0 bridgehead atoms. The summed E-state index contributed by atoms with van der Waals surface area (Å²) in [7, 11) is -3.78. The van der Waals surface area contributed by atoms with Crippen molar-refractivity contribution in [1.29, 1.82) is 0 Å². The monoisotopic (exact) mass is 341 g/mol. The van der Waals surface area contributed by atoms with E-state index in [1.165, 1.54) is 23.5 Å². The van der Waals surface area contributed by atoms with E-state index in [1.54, 1.807) is 0 Å². The molecule has 2 aromatic rings. The Labute approximate surface area is 132 Å². The fourth-order valence-electron chi connectivity index (χ4n) is 2.42. The summed E-state index contributed by atoms with van der Waals surface area (Å²) in [6, 6.07) is 8.26. The van der Waals surface area contributed by atoms with Gasteiger partial charge in [-0.25, -0.2) is 17.5 Å². The zero-order valence-electron chi connectivity index (χ0n) is 11.7. The standard InChI is InChI=1S/C15H16FNO3S2/c16-12-5-7-13(8-6-12)22(19,20)17-10-15(18,11-3-4-11)14-2-1-9-21-14/h1-2,5-9,11,17-18H,3-4,10H2. The number of rotatable bonds is 6. The highest BCUT2D eigenvalue weighted by molar-refractivity contribution is 7.89. The minimum absolute atomic E-state index is 0.0155. The Morgan fingerprint density at radius 3 is 2.50 bits per heavy atom. The largest absolute Gasteiger partial charge is 0.383 e. The van der Waals surface area contributed by atoms with Gasteiger partial charge in [0, 0.05) is 11.4 Å². The molecule has 7 heteroatoms. The lowest BCUT2D eigenvalue weighted by Gasteiger charge is -2.27. The van der Waals surface area contributed by atoms with Crippen LogP contribution in [0.2, 0.25) is 0 Å². The van der Waals surface area contributed by atoms with E-state index in [9.17, 15) is 17.9 Å². The van der Waals surface area contributed by atoms with Gasteiger partial charge in [-0.05, 0) is 54.5 Å². The van der Waals surface area contributed by atoms with Gasteiger partial charge >= 0.3 is 0 Å². The van der Waals surface area contributed by atoms with E-state index in [-0.39, 0.29) is 17.4 Å². The molecule has 0 aliphatic heterocycles. The first-order chi connectivity index (χ1) is 10.4. The van der Waals surface area contributed by atoms with E-state index in [0.717, 1.165) is 29.9 Å². The molecule has 1 atom stereocenters. The highest BCUT2D eigenvalue weighted by Crippen LogP contribution is 2.46. The summed E-state index contributed by atoms with van der Waals surface area (Å²) in [6.07, 6.45) is 1.76. The van der Waals surface area contributed by atoms with Crippen LogP contribution in [0.3, 0.4) is 0 Å². The van der Waals surface area contributed by atoms with Crippen LogP contribution in [-0.2, 0) is 15.6 Å². The van der Waals surface area contributed by atoms with Crippen molar-refractivity contribution in [3.8, 4) is 0 Å². The Morgan fingerprint density at radius 2 is 1.95 bits per heavy atom. The van der Waals surface area contributed by atoms with Crippen molar-refractivity contribution < 1.29 is 17.9 Å². The lowest BCUT2D eigenvalue weighted by molar-refractivity contribution is 0.0222. The molecule has 1 aromatic carbocycles. The Kier molecular flexibility index (Phi) is 4.07. The molecule has 1 heterocycles. The summed E-state index contributed by atoms with van der Waals surface area (Å²) in [5.74, 6) is -0.422. The number of thiophene rings is 1. The van der Waals surface area contributed by atoms with Gasteiger partial charge in [-0.3, -0.25) is 0 Å². The molecule has 0 spiro atoms. The lowest BCUT2D eigenvalue weighted by atomic mass is 9.96. The van der Waals surface area contributed by atoms with Crippen molar-refractivity contribution in [3.05, 3.63) is 52.5 Å². The number of halogens is 1. The predicted molar refractivity (Wildman–Crippen MR) is 82.5 cm³/mol. The maximum absolute atomic E-state index is 12.9. The Hall–Kier alpha value is -1.28.